The van der Waals surface area contributed by atoms with Crippen LogP contribution in [0.1, 0.15) is 36.0 Å². The number of amides is 1. The summed E-state index contributed by atoms with van der Waals surface area (Å²) in [6, 6.07) is 13.4. The van der Waals surface area contributed by atoms with Gasteiger partial charge < -0.3 is 15.0 Å². The summed E-state index contributed by atoms with van der Waals surface area (Å²) in [4.78, 5) is 14.6. The zero-order valence-electron chi connectivity index (χ0n) is 15.7. The van der Waals surface area contributed by atoms with Crippen LogP contribution in [0.4, 0.5) is 4.39 Å². The van der Waals surface area contributed by atoms with Gasteiger partial charge in [0.2, 0.25) is 0 Å². The molecule has 2 aliphatic heterocycles. The number of piperidine rings is 1. The maximum absolute atomic E-state index is 14.7. The first-order chi connectivity index (χ1) is 13.0. The second-order valence-electron chi connectivity index (χ2n) is 7.60. The lowest BCUT2D eigenvalue weighted by molar-refractivity contribution is 0.0677. The molecule has 2 unspecified atom stereocenters. The molecule has 0 aliphatic carbocycles. The van der Waals surface area contributed by atoms with E-state index in [4.69, 9.17) is 4.74 Å². The van der Waals surface area contributed by atoms with Crippen molar-refractivity contribution in [1.82, 2.24) is 10.2 Å². The van der Waals surface area contributed by atoms with Gasteiger partial charge in [0.25, 0.3) is 5.91 Å². The topological polar surface area (TPSA) is 41.6 Å². The molecule has 4 nitrogen and oxygen atoms in total. The van der Waals surface area contributed by atoms with Crippen molar-refractivity contribution in [2.24, 2.45) is 0 Å². The molecule has 2 aliphatic rings. The molecule has 4 rings (SSSR count). The van der Waals surface area contributed by atoms with Crippen molar-refractivity contribution in [3.63, 3.8) is 0 Å². The lowest BCUT2D eigenvalue weighted by Gasteiger charge is -2.35. The van der Waals surface area contributed by atoms with Crippen LogP contribution < -0.4 is 10.1 Å². The number of halogens is 1. The Hall–Kier alpha value is -2.40. The summed E-state index contributed by atoms with van der Waals surface area (Å²) in [6.45, 7) is 0. The lowest BCUT2D eigenvalue weighted by Crippen LogP contribution is -2.48. The summed E-state index contributed by atoms with van der Waals surface area (Å²) >= 11 is 0. The van der Waals surface area contributed by atoms with E-state index in [1.807, 2.05) is 24.3 Å². The molecule has 27 heavy (non-hydrogen) atoms. The number of ether oxygens (including phenoxy) is 1. The Morgan fingerprint density at radius 3 is 2.30 bits per heavy atom. The number of nitrogens with zero attached hydrogens (tertiary/aromatic N) is 1. The highest BCUT2D eigenvalue weighted by molar-refractivity contribution is 5.95. The van der Waals surface area contributed by atoms with Crippen LogP contribution in [0.5, 0.6) is 5.75 Å². The van der Waals surface area contributed by atoms with Gasteiger partial charge in [0.15, 0.2) is 0 Å². The summed E-state index contributed by atoms with van der Waals surface area (Å²) in [5.41, 5.74) is 1.77. The zero-order valence-corrected chi connectivity index (χ0v) is 15.7. The average molecular weight is 368 g/mol. The first kappa shape index (κ1) is 18.0. The van der Waals surface area contributed by atoms with Crippen molar-refractivity contribution in [2.45, 2.75) is 43.8 Å². The Bertz CT molecular complexity index is 825. The SMILES string of the molecule is COc1ccc(-c2ccc(C(=O)N(C)C3CC4CCC(C3)N4)c(F)c2)cc1. The van der Waals surface area contributed by atoms with Crippen LogP contribution in [-0.4, -0.2) is 43.1 Å². The van der Waals surface area contributed by atoms with Crippen LogP contribution in [0.25, 0.3) is 11.1 Å². The van der Waals surface area contributed by atoms with Gasteiger partial charge in [-0.15, -0.1) is 0 Å². The monoisotopic (exact) mass is 368 g/mol. The number of carbonyl (C=O) groups is 1. The fraction of sp³-hybridized carbons (Fsp3) is 0.409. The molecule has 2 fully saturated rings. The fourth-order valence-electron chi connectivity index (χ4n) is 4.35. The van der Waals surface area contributed by atoms with Crippen molar-refractivity contribution < 1.29 is 13.9 Å². The number of rotatable bonds is 4. The Kier molecular flexibility index (Phi) is 4.87. The van der Waals surface area contributed by atoms with Crippen molar-refractivity contribution in [3.8, 4) is 16.9 Å². The molecular formula is C22H25FN2O2. The molecule has 142 valence electrons. The van der Waals surface area contributed by atoms with E-state index in [2.05, 4.69) is 5.32 Å². The molecule has 1 amide bonds. The number of carbonyl (C=O) groups excluding carboxylic acids is 1. The third-order valence-corrected chi connectivity index (χ3v) is 5.94. The maximum Gasteiger partial charge on any atom is 0.256 e. The van der Waals surface area contributed by atoms with Gasteiger partial charge in [-0.3, -0.25) is 4.79 Å². The van der Waals surface area contributed by atoms with Crippen LogP contribution in [0.3, 0.4) is 0 Å². The number of benzene rings is 2. The highest BCUT2D eigenvalue weighted by atomic mass is 19.1. The van der Waals surface area contributed by atoms with E-state index in [0.717, 1.165) is 29.7 Å². The fourth-order valence-corrected chi connectivity index (χ4v) is 4.35. The van der Waals surface area contributed by atoms with Gasteiger partial charge in [-0.2, -0.15) is 0 Å². The smallest absolute Gasteiger partial charge is 0.256 e. The van der Waals surface area contributed by atoms with E-state index >= 15 is 0 Å². The second kappa shape index (κ2) is 7.31. The van der Waals surface area contributed by atoms with E-state index in [9.17, 15) is 9.18 Å². The second-order valence-corrected chi connectivity index (χ2v) is 7.60. The summed E-state index contributed by atoms with van der Waals surface area (Å²) in [6.07, 6.45) is 4.25. The molecule has 2 atom stereocenters. The van der Waals surface area contributed by atoms with E-state index < -0.39 is 5.82 Å². The molecule has 0 spiro atoms. The Morgan fingerprint density at radius 2 is 1.70 bits per heavy atom. The third-order valence-electron chi connectivity index (χ3n) is 5.94. The largest absolute Gasteiger partial charge is 0.497 e. The van der Waals surface area contributed by atoms with Gasteiger partial charge in [-0.05, 0) is 61.1 Å². The zero-order chi connectivity index (χ0) is 19.0. The standard InChI is InChI=1S/C22H25FN2O2/c1-25(18-12-16-6-7-17(13-18)24-16)22(26)20-10-5-15(11-21(20)23)14-3-8-19(27-2)9-4-14/h3-5,8-11,16-18,24H,6-7,12-13H2,1-2H3. The Morgan fingerprint density at radius 1 is 1.07 bits per heavy atom. The number of hydrogen-bond acceptors (Lipinski definition) is 3. The predicted octanol–water partition coefficient (Wildman–Crippen LogP) is 3.86. The van der Waals surface area contributed by atoms with Gasteiger partial charge in [0.1, 0.15) is 11.6 Å². The summed E-state index contributed by atoms with van der Waals surface area (Å²) in [7, 11) is 3.41. The molecule has 0 saturated carbocycles. The first-order valence-corrected chi connectivity index (χ1v) is 9.52. The molecule has 2 saturated heterocycles. The van der Waals surface area contributed by atoms with Crippen LogP contribution >= 0.6 is 0 Å². The number of hydrogen-bond donors (Lipinski definition) is 1. The highest BCUT2D eigenvalue weighted by Crippen LogP contribution is 2.30. The number of nitrogens with one attached hydrogen (secondary N) is 1. The van der Waals surface area contributed by atoms with Gasteiger partial charge in [-0.1, -0.05) is 18.2 Å². The van der Waals surface area contributed by atoms with E-state index in [1.165, 1.54) is 18.9 Å². The molecule has 1 N–H and O–H groups in total. The Labute approximate surface area is 159 Å². The van der Waals surface area contributed by atoms with Gasteiger partial charge in [0, 0.05) is 25.2 Å². The molecule has 0 radical (unpaired) electrons. The summed E-state index contributed by atoms with van der Waals surface area (Å²) in [5, 5.41) is 3.58. The van der Waals surface area contributed by atoms with Crippen molar-refractivity contribution in [2.75, 3.05) is 14.2 Å². The molecular weight excluding hydrogens is 343 g/mol. The van der Waals surface area contributed by atoms with Crippen LogP contribution in [0, 0.1) is 5.82 Å². The normalized spacial score (nSPS) is 23.9. The van der Waals surface area contributed by atoms with Crippen molar-refractivity contribution >= 4 is 5.91 Å². The van der Waals surface area contributed by atoms with Crippen molar-refractivity contribution in [1.29, 1.82) is 0 Å². The molecule has 2 aromatic rings. The van der Waals surface area contributed by atoms with Gasteiger partial charge in [0.05, 0.1) is 12.7 Å². The quantitative estimate of drug-likeness (QED) is 0.891. The number of fused-ring (bicyclic) bond motifs is 2. The van der Waals surface area contributed by atoms with E-state index in [-0.39, 0.29) is 17.5 Å². The molecule has 2 heterocycles. The molecule has 5 heteroatoms. The predicted molar refractivity (Wildman–Crippen MR) is 103 cm³/mol. The summed E-state index contributed by atoms with van der Waals surface area (Å²) in [5.74, 6) is 0.0424. The minimum absolute atomic E-state index is 0.139. The first-order valence-electron chi connectivity index (χ1n) is 9.52. The summed E-state index contributed by atoms with van der Waals surface area (Å²) < 4.78 is 19.9. The van der Waals surface area contributed by atoms with Crippen molar-refractivity contribution in [3.05, 3.63) is 53.8 Å². The molecule has 0 aromatic heterocycles. The minimum atomic E-state index is -0.475. The number of methoxy groups -OCH3 is 1. The van der Waals surface area contributed by atoms with E-state index in [1.54, 1.807) is 31.2 Å². The maximum atomic E-state index is 14.7. The molecule has 2 aromatic carbocycles. The van der Waals surface area contributed by atoms with Crippen LogP contribution in [0.2, 0.25) is 0 Å². The third kappa shape index (κ3) is 3.56. The average Bonchev–Trinajstić information content (AvgIpc) is 3.04. The lowest BCUT2D eigenvalue weighted by atomic mass is 9.97. The molecule has 2 bridgehead atoms. The van der Waals surface area contributed by atoms with Crippen LogP contribution in [-0.2, 0) is 0 Å². The highest BCUT2D eigenvalue weighted by Gasteiger charge is 2.36. The van der Waals surface area contributed by atoms with Gasteiger partial charge >= 0.3 is 0 Å². The van der Waals surface area contributed by atoms with E-state index in [0.29, 0.717) is 12.1 Å². The van der Waals surface area contributed by atoms with Crippen LogP contribution in [0.15, 0.2) is 42.5 Å². The Balaban J connectivity index is 1.52. The minimum Gasteiger partial charge on any atom is -0.497 e. The van der Waals surface area contributed by atoms with Gasteiger partial charge in [-0.25, -0.2) is 4.39 Å².